The normalized spacial score (nSPS) is 17.4. The molecule has 1 fully saturated rings. The zero-order valence-corrected chi connectivity index (χ0v) is 14.3. The summed E-state index contributed by atoms with van der Waals surface area (Å²) >= 11 is 0. The minimum Gasteiger partial charge on any atom is -0.494 e. The Morgan fingerprint density at radius 2 is 2.15 bits per heavy atom. The number of fused-ring (bicyclic) bond motifs is 1. The van der Waals surface area contributed by atoms with Crippen molar-refractivity contribution in [3.05, 3.63) is 40.6 Å². The smallest absolute Gasteiger partial charge is 0.323 e. The van der Waals surface area contributed by atoms with E-state index >= 15 is 0 Å². The summed E-state index contributed by atoms with van der Waals surface area (Å²) in [5, 5.41) is 9.89. The van der Waals surface area contributed by atoms with E-state index in [2.05, 4.69) is 25.5 Å². The number of urea groups is 1. The third-order valence-corrected chi connectivity index (χ3v) is 4.75. The van der Waals surface area contributed by atoms with Crippen LogP contribution in [-0.2, 0) is 0 Å². The highest BCUT2D eigenvalue weighted by molar-refractivity contribution is 5.94. The van der Waals surface area contributed by atoms with Gasteiger partial charge in [0.1, 0.15) is 5.75 Å². The molecule has 1 atom stereocenters. The number of aromatic nitrogens is 4. The van der Waals surface area contributed by atoms with Gasteiger partial charge in [-0.2, -0.15) is 5.10 Å². The first-order valence-electron chi connectivity index (χ1n) is 8.49. The maximum absolute atomic E-state index is 12.7. The van der Waals surface area contributed by atoms with E-state index in [-0.39, 0.29) is 17.6 Å². The molecule has 1 saturated heterocycles. The van der Waals surface area contributed by atoms with Crippen molar-refractivity contribution >= 4 is 22.8 Å². The first kappa shape index (κ1) is 16.2. The second-order valence-electron chi connectivity index (χ2n) is 6.40. The van der Waals surface area contributed by atoms with Crippen LogP contribution in [0.5, 0.6) is 5.75 Å². The lowest BCUT2D eigenvalue weighted by Crippen LogP contribution is -2.41. The zero-order valence-electron chi connectivity index (χ0n) is 14.3. The number of anilines is 1. The summed E-state index contributed by atoms with van der Waals surface area (Å²) in [6.07, 6.45) is 3.68. The topological polar surface area (TPSA) is 119 Å². The van der Waals surface area contributed by atoms with E-state index < -0.39 is 0 Å². The Hall–Kier alpha value is -3.23. The number of benzene rings is 1. The summed E-state index contributed by atoms with van der Waals surface area (Å²) < 4.78 is 5.35. The number of H-pyrrole nitrogens is 3. The minimum absolute atomic E-state index is 0.190. The number of hydrogen-bond acceptors (Lipinski definition) is 4. The Kier molecular flexibility index (Phi) is 4.11. The maximum Gasteiger partial charge on any atom is 0.323 e. The number of likely N-dealkylation sites (tertiary alicyclic amines) is 1. The Bertz CT molecular complexity index is 974. The molecule has 3 aromatic rings. The summed E-state index contributed by atoms with van der Waals surface area (Å²) in [5.41, 5.74) is 2.50. The Morgan fingerprint density at radius 1 is 1.35 bits per heavy atom. The molecule has 2 amide bonds. The fraction of sp³-hybridized carbons (Fsp3) is 0.353. The van der Waals surface area contributed by atoms with Gasteiger partial charge in [0.05, 0.1) is 23.8 Å². The molecule has 0 saturated carbocycles. The molecule has 136 valence electrons. The predicted molar refractivity (Wildman–Crippen MR) is 96.6 cm³/mol. The van der Waals surface area contributed by atoms with E-state index in [1.165, 1.54) is 7.11 Å². The van der Waals surface area contributed by atoms with Crippen molar-refractivity contribution in [3.63, 3.8) is 0 Å². The first-order valence-corrected chi connectivity index (χ1v) is 8.49. The summed E-state index contributed by atoms with van der Waals surface area (Å²) in [4.78, 5) is 31.4. The van der Waals surface area contributed by atoms with Gasteiger partial charge in [-0.15, -0.1) is 0 Å². The van der Waals surface area contributed by atoms with Crippen LogP contribution in [0.25, 0.3) is 11.0 Å². The van der Waals surface area contributed by atoms with Gasteiger partial charge in [0.15, 0.2) is 0 Å². The van der Waals surface area contributed by atoms with Crippen LogP contribution in [0.2, 0.25) is 0 Å². The predicted octanol–water partition coefficient (Wildman–Crippen LogP) is 2.00. The van der Waals surface area contributed by atoms with Gasteiger partial charge < -0.3 is 24.9 Å². The van der Waals surface area contributed by atoms with Crippen LogP contribution in [0.3, 0.4) is 0 Å². The van der Waals surface area contributed by atoms with Crippen LogP contribution in [0, 0.1) is 0 Å². The van der Waals surface area contributed by atoms with Gasteiger partial charge >= 0.3 is 11.7 Å². The molecule has 4 N–H and O–H groups in total. The summed E-state index contributed by atoms with van der Waals surface area (Å²) in [5.74, 6) is 0.741. The standard InChI is InChI=1S/C17H20N6O3/c1-26-15-8-13-12(19-16(24)20-13)7-14(15)21-17(25)23-6-2-3-10(9-23)11-4-5-18-22-11/h4-5,7-8,10H,2-3,6,9H2,1H3,(H,18,22)(H,21,25)(H2,19,20,24). The van der Waals surface area contributed by atoms with Crippen LogP contribution in [0.4, 0.5) is 10.5 Å². The second-order valence-corrected chi connectivity index (χ2v) is 6.40. The van der Waals surface area contributed by atoms with Gasteiger partial charge in [0, 0.05) is 37.0 Å². The van der Waals surface area contributed by atoms with Crippen LogP contribution in [-0.4, -0.2) is 51.3 Å². The third kappa shape index (κ3) is 3.03. The molecule has 0 aliphatic carbocycles. The monoisotopic (exact) mass is 356 g/mol. The molecular weight excluding hydrogens is 336 g/mol. The van der Waals surface area contributed by atoms with E-state index in [1.807, 2.05) is 6.07 Å². The van der Waals surface area contributed by atoms with Crippen molar-refractivity contribution in [2.24, 2.45) is 0 Å². The molecule has 9 nitrogen and oxygen atoms in total. The van der Waals surface area contributed by atoms with Gasteiger partial charge in [-0.1, -0.05) is 0 Å². The third-order valence-electron chi connectivity index (χ3n) is 4.75. The Balaban J connectivity index is 1.53. The second kappa shape index (κ2) is 6.58. The minimum atomic E-state index is -0.302. The highest BCUT2D eigenvalue weighted by Gasteiger charge is 2.26. The highest BCUT2D eigenvalue weighted by atomic mass is 16.5. The number of nitrogens with zero attached hydrogens (tertiary/aromatic N) is 2. The molecule has 3 heterocycles. The van der Waals surface area contributed by atoms with Crippen molar-refractivity contribution < 1.29 is 9.53 Å². The number of amides is 2. The zero-order chi connectivity index (χ0) is 18.1. The number of aromatic amines is 3. The number of methoxy groups -OCH3 is 1. The quantitative estimate of drug-likeness (QED) is 0.574. The summed E-state index contributed by atoms with van der Waals surface area (Å²) in [6, 6.07) is 5.14. The van der Waals surface area contributed by atoms with E-state index in [4.69, 9.17) is 4.74 Å². The Labute approximate surface area is 148 Å². The lowest BCUT2D eigenvalue weighted by atomic mass is 9.95. The van der Waals surface area contributed by atoms with Gasteiger partial charge in [0.25, 0.3) is 0 Å². The molecule has 0 radical (unpaired) electrons. The lowest BCUT2D eigenvalue weighted by molar-refractivity contribution is 0.192. The number of imidazole rings is 1. The number of nitrogens with one attached hydrogen (secondary N) is 4. The van der Waals surface area contributed by atoms with E-state index in [1.54, 1.807) is 23.2 Å². The first-order chi connectivity index (χ1) is 12.6. The van der Waals surface area contributed by atoms with Crippen LogP contribution >= 0.6 is 0 Å². The number of carbonyl (C=O) groups excluding carboxylic acids is 1. The molecule has 9 heteroatoms. The molecule has 26 heavy (non-hydrogen) atoms. The average Bonchev–Trinajstić information content (AvgIpc) is 3.29. The fourth-order valence-corrected chi connectivity index (χ4v) is 3.43. The van der Waals surface area contributed by atoms with Crippen molar-refractivity contribution in [3.8, 4) is 5.75 Å². The fourth-order valence-electron chi connectivity index (χ4n) is 3.43. The van der Waals surface area contributed by atoms with Crippen LogP contribution in [0.1, 0.15) is 24.5 Å². The molecule has 0 bridgehead atoms. The number of carbonyl (C=O) groups is 1. The van der Waals surface area contributed by atoms with Gasteiger partial charge in [-0.3, -0.25) is 5.10 Å². The summed E-state index contributed by atoms with van der Waals surface area (Å²) in [6.45, 7) is 1.32. The molecule has 1 unspecified atom stereocenters. The van der Waals surface area contributed by atoms with Gasteiger partial charge in [0.2, 0.25) is 0 Å². The number of piperidine rings is 1. The number of ether oxygens (including phenoxy) is 1. The van der Waals surface area contributed by atoms with Gasteiger partial charge in [-0.25, -0.2) is 9.59 Å². The van der Waals surface area contributed by atoms with E-state index in [9.17, 15) is 9.59 Å². The van der Waals surface area contributed by atoms with Crippen molar-refractivity contribution in [1.29, 1.82) is 0 Å². The maximum atomic E-state index is 12.7. The molecule has 1 aliphatic rings. The Morgan fingerprint density at radius 3 is 2.88 bits per heavy atom. The summed E-state index contributed by atoms with van der Waals surface area (Å²) in [7, 11) is 1.52. The van der Waals surface area contributed by atoms with E-state index in [0.717, 1.165) is 18.5 Å². The van der Waals surface area contributed by atoms with Crippen molar-refractivity contribution in [2.75, 3.05) is 25.5 Å². The number of rotatable bonds is 3. The molecule has 4 rings (SSSR count). The SMILES string of the molecule is COc1cc2[nH]c(=O)[nH]c2cc1NC(=O)N1CCCC(c2ccn[nH]2)C1. The van der Waals surface area contributed by atoms with Gasteiger partial charge in [-0.05, 0) is 25.0 Å². The average molecular weight is 356 g/mol. The largest absolute Gasteiger partial charge is 0.494 e. The van der Waals surface area contributed by atoms with Crippen LogP contribution in [0.15, 0.2) is 29.2 Å². The van der Waals surface area contributed by atoms with Crippen molar-refractivity contribution in [1.82, 2.24) is 25.1 Å². The molecule has 2 aromatic heterocycles. The molecule has 0 spiro atoms. The highest BCUT2D eigenvalue weighted by Crippen LogP contribution is 2.30. The molecular formula is C17H20N6O3. The lowest BCUT2D eigenvalue weighted by Gasteiger charge is -2.32. The molecule has 1 aromatic carbocycles. The van der Waals surface area contributed by atoms with Crippen LogP contribution < -0.4 is 15.7 Å². The molecule has 1 aliphatic heterocycles. The van der Waals surface area contributed by atoms with E-state index in [0.29, 0.717) is 35.6 Å². The number of hydrogen-bond donors (Lipinski definition) is 4. The van der Waals surface area contributed by atoms with Crippen molar-refractivity contribution in [2.45, 2.75) is 18.8 Å².